The second-order valence-corrected chi connectivity index (χ2v) is 19.5. The van der Waals surface area contributed by atoms with Crippen LogP contribution >= 0.6 is 0 Å². The molecule has 3 N–H and O–H groups in total. The number of carboxylic acid groups (broad SMARTS) is 1. The first kappa shape index (κ1) is 68.7. The lowest BCUT2D eigenvalue weighted by Gasteiger charge is -2.40. The first-order valence-electron chi connectivity index (χ1n) is 29.2. The molecule has 12 heteroatoms. The number of rotatable bonds is 48. The first-order valence-corrected chi connectivity index (χ1v) is 29.2. The molecule has 1 aliphatic heterocycles. The third kappa shape index (κ3) is 40.6. The number of carbonyl (C=O) groups excluding carboxylic acids is 3. The van der Waals surface area contributed by atoms with Crippen LogP contribution in [0.2, 0.25) is 0 Å². The number of carbonyl (C=O) groups is 4. The molecule has 12 nitrogen and oxygen atoms in total. The van der Waals surface area contributed by atoms with Crippen LogP contribution in [0.4, 0.5) is 0 Å². The van der Waals surface area contributed by atoms with Crippen molar-refractivity contribution in [2.24, 2.45) is 0 Å². The highest BCUT2D eigenvalue weighted by Crippen LogP contribution is 2.26. The molecule has 0 bridgehead atoms. The van der Waals surface area contributed by atoms with Gasteiger partial charge >= 0.3 is 23.9 Å². The van der Waals surface area contributed by atoms with Gasteiger partial charge in [-0.2, -0.15) is 0 Å². The number of aliphatic hydroxyl groups excluding tert-OH is 2. The number of aliphatic hydroxyl groups is 2. The molecule has 0 aromatic carbocycles. The van der Waals surface area contributed by atoms with E-state index in [1.165, 1.54) is 44.9 Å². The Balaban J connectivity index is 2.70. The summed E-state index contributed by atoms with van der Waals surface area (Å²) in [5.74, 6) is -3.20. The predicted octanol–water partition coefficient (Wildman–Crippen LogP) is 14.9. The van der Waals surface area contributed by atoms with E-state index in [0.29, 0.717) is 25.7 Å². The highest BCUT2D eigenvalue weighted by molar-refractivity contribution is 5.74. The van der Waals surface area contributed by atoms with Crippen LogP contribution in [0.3, 0.4) is 0 Å². The van der Waals surface area contributed by atoms with E-state index in [1.807, 2.05) is 0 Å². The second-order valence-electron chi connectivity index (χ2n) is 19.5. The Kier molecular flexibility index (Phi) is 46.2. The number of allylic oxidation sites excluding steroid dienone is 16. The van der Waals surface area contributed by atoms with Gasteiger partial charge in [0, 0.05) is 19.3 Å². The van der Waals surface area contributed by atoms with Gasteiger partial charge in [-0.1, -0.05) is 208 Å². The van der Waals surface area contributed by atoms with Crippen LogP contribution in [0.1, 0.15) is 226 Å². The molecule has 6 unspecified atom stereocenters. The average molecular weight is 1050 g/mol. The highest BCUT2D eigenvalue weighted by Gasteiger charge is 2.50. The molecule has 75 heavy (non-hydrogen) atoms. The molecule has 0 saturated carbocycles. The Labute approximate surface area is 453 Å². The summed E-state index contributed by atoms with van der Waals surface area (Å²) in [6.45, 7) is 5.72. The first-order chi connectivity index (χ1) is 36.6. The van der Waals surface area contributed by atoms with E-state index < -0.39 is 67.3 Å². The normalized spacial score (nSPS) is 18.9. The van der Waals surface area contributed by atoms with Gasteiger partial charge in [0.2, 0.25) is 0 Å². The summed E-state index contributed by atoms with van der Waals surface area (Å²) in [6.07, 6.45) is 53.8. The van der Waals surface area contributed by atoms with Crippen LogP contribution in [-0.4, -0.2) is 89.2 Å². The van der Waals surface area contributed by atoms with E-state index in [4.69, 9.17) is 23.7 Å². The fourth-order valence-electron chi connectivity index (χ4n) is 8.23. The zero-order valence-electron chi connectivity index (χ0n) is 46.8. The molecule has 1 saturated heterocycles. The molecule has 6 atom stereocenters. The molecule has 1 heterocycles. The molecular formula is C63H102O12. The zero-order chi connectivity index (χ0) is 54.7. The molecule has 1 rings (SSSR count). The molecule has 0 spiro atoms. The maximum Gasteiger partial charge on any atom is 0.335 e. The summed E-state index contributed by atoms with van der Waals surface area (Å²) in [4.78, 5) is 51.0. The van der Waals surface area contributed by atoms with Gasteiger partial charge in [0.1, 0.15) is 18.8 Å². The lowest BCUT2D eigenvalue weighted by molar-refractivity contribution is -0.301. The number of hydrogen-bond donors (Lipinski definition) is 3. The van der Waals surface area contributed by atoms with E-state index in [-0.39, 0.29) is 25.9 Å². The Hall–Kier alpha value is -4.36. The predicted molar refractivity (Wildman–Crippen MR) is 303 cm³/mol. The fraction of sp³-hybridized carbons (Fsp3) is 0.683. The molecule has 0 amide bonds. The molecule has 1 aliphatic rings. The molecule has 426 valence electrons. The topological polar surface area (TPSA) is 175 Å². The maximum absolute atomic E-state index is 13.1. The lowest BCUT2D eigenvalue weighted by Crippen LogP contribution is -2.61. The van der Waals surface area contributed by atoms with Crippen molar-refractivity contribution in [1.29, 1.82) is 0 Å². The van der Waals surface area contributed by atoms with Crippen molar-refractivity contribution in [3.8, 4) is 0 Å². The van der Waals surface area contributed by atoms with Gasteiger partial charge in [-0.05, 0) is 96.3 Å². The highest BCUT2D eigenvalue weighted by atomic mass is 16.7. The van der Waals surface area contributed by atoms with Crippen molar-refractivity contribution in [1.82, 2.24) is 0 Å². The number of ether oxygens (including phenoxy) is 5. The summed E-state index contributed by atoms with van der Waals surface area (Å²) in [7, 11) is 0. The summed E-state index contributed by atoms with van der Waals surface area (Å²) >= 11 is 0. The number of esters is 3. The Morgan fingerprint density at radius 3 is 1.31 bits per heavy atom. The fourth-order valence-corrected chi connectivity index (χ4v) is 8.23. The van der Waals surface area contributed by atoms with Crippen molar-refractivity contribution in [3.05, 3.63) is 97.2 Å². The summed E-state index contributed by atoms with van der Waals surface area (Å²) < 4.78 is 28.3. The number of carboxylic acids is 1. The van der Waals surface area contributed by atoms with Gasteiger partial charge in [-0.3, -0.25) is 14.4 Å². The van der Waals surface area contributed by atoms with Crippen LogP contribution in [0.25, 0.3) is 0 Å². The zero-order valence-corrected chi connectivity index (χ0v) is 46.8. The Bertz CT molecular complexity index is 1670. The number of hydrogen-bond acceptors (Lipinski definition) is 11. The van der Waals surface area contributed by atoms with Crippen LogP contribution in [0, 0.1) is 0 Å². The van der Waals surface area contributed by atoms with Gasteiger partial charge in [0.05, 0.1) is 6.61 Å². The van der Waals surface area contributed by atoms with E-state index in [9.17, 15) is 34.5 Å². The van der Waals surface area contributed by atoms with Crippen LogP contribution < -0.4 is 0 Å². The van der Waals surface area contributed by atoms with Crippen molar-refractivity contribution < 1.29 is 58.2 Å². The van der Waals surface area contributed by atoms with Crippen molar-refractivity contribution in [2.45, 2.75) is 263 Å². The van der Waals surface area contributed by atoms with Crippen molar-refractivity contribution >= 4 is 23.9 Å². The monoisotopic (exact) mass is 1050 g/mol. The minimum atomic E-state index is -1.92. The van der Waals surface area contributed by atoms with Gasteiger partial charge in [0.25, 0.3) is 0 Å². The Morgan fingerprint density at radius 1 is 0.453 bits per heavy atom. The van der Waals surface area contributed by atoms with Crippen LogP contribution in [0.5, 0.6) is 0 Å². The summed E-state index contributed by atoms with van der Waals surface area (Å²) in [5, 5.41) is 31.4. The molecule has 0 radical (unpaired) electrons. The number of unbranched alkanes of at least 4 members (excludes halogenated alkanes) is 18. The second kappa shape index (κ2) is 50.5. The summed E-state index contributed by atoms with van der Waals surface area (Å²) in [6, 6.07) is 0. The van der Waals surface area contributed by atoms with Gasteiger partial charge in [-0.15, -0.1) is 0 Å². The standard InChI is InChI=1S/C63H102O12/c1-4-7-10-13-16-19-22-24-26-27-28-29-31-32-35-37-40-43-46-49-55(64)71-52-54(73-56(65)50-47-44-41-38-34-21-18-15-12-9-6-3)53-72-63-61(59(68)58(67)60(75-63)62(69)70)74-57(66)51-48-45-42-39-36-33-30-25-23-20-17-14-11-8-5-2/h7-8,10-11,16-17,19-20,24-26,28-30,36,39,54,58-61,63,67-68H,4-6,9,12-15,18,21-23,27,31-35,37-38,40-53H2,1-3H3,(H,69,70)/b10-7-,11-8-,19-16-,20-17-,26-24-,29-28-,30-25-,39-36-. The van der Waals surface area contributed by atoms with Crippen molar-refractivity contribution in [2.75, 3.05) is 13.2 Å². The van der Waals surface area contributed by atoms with Crippen LogP contribution in [0.15, 0.2) is 97.2 Å². The maximum atomic E-state index is 13.1. The molecule has 0 aromatic heterocycles. The minimum Gasteiger partial charge on any atom is -0.479 e. The number of aliphatic carboxylic acids is 1. The van der Waals surface area contributed by atoms with E-state index >= 15 is 0 Å². The van der Waals surface area contributed by atoms with Crippen molar-refractivity contribution in [3.63, 3.8) is 0 Å². The SMILES string of the molecule is CC/C=C\C/C=C\C/C=C\C/C=C\CCCCCCCCC(=O)OCC(COC1OC(C(=O)O)C(O)C(O)C1OC(=O)CCCC/C=C\C/C=C\C/C=C\C/C=C\CC)OC(=O)CCCCCCCCCCCCC. The third-order valence-corrected chi connectivity index (χ3v) is 12.7. The Morgan fingerprint density at radius 2 is 0.840 bits per heavy atom. The van der Waals surface area contributed by atoms with Gasteiger partial charge < -0.3 is 39.0 Å². The molecule has 0 aliphatic carbocycles. The third-order valence-electron chi connectivity index (χ3n) is 12.7. The van der Waals surface area contributed by atoms with E-state index in [1.54, 1.807) is 0 Å². The minimum absolute atomic E-state index is 0.00380. The largest absolute Gasteiger partial charge is 0.479 e. The van der Waals surface area contributed by atoms with Gasteiger partial charge in [-0.25, -0.2) is 4.79 Å². The quantitative estimate of drug-likeness (QED) is 0.0228. The van der Waals surface area contributed by atoms with E-state index in [2.05, 4.69) is 118 Å². The van der Waals surface area contributed by atoms with Crippen LogP contribution in [-0.2, 0) is 42.9 Å². The smallest absolute Gasteiger partial charge is 0.335 e. The van der Waals surface area contributed by atoms with Gasteiger partial charge in [0.15, 0.2) is 24.6 Å². The molecular weight excluding hydrogens is 949 g/mol. The van der Waals surface area contributed by atoms with E-state index in [0.717, 1.165) is 116 Å². The average Bonchev–Trinajstić information content (AvgIpc) is 3.39. The lowest BCUT2D eigenvalue weighted by atomic mass is 9.98. The molecule has 1 fully saturated rings. The molecule has 0 aromatic rings. The summed E-state index contributed by atoms with van der Waals surface area (Å²) in [5.41, 5.74) is 0.